The SMILES string of the molecule is O=C1CC=C2C(=O)N=CC2=N1. The molecule has 2 aliphatic heterocycles. The minimum atomic E-state index is -0.295. The van der Waals surface area contributed by atoms with E-state index in [-0.39, 0.29) is 18.2 Å². The topological polar surface area (TPSA) is 58.9 Å². The van der Waals surface area contributed by atoms with Gasteiger partial charge < -0.3 is 0 Å². The van der Waals surface area contributed by atoms with Gasteiger partial charge in [0.05, 0.1) is 17.5 Å². The van der Waals surface area contributed by atoms with E-state index in [9.17, 15) is 9.59 Å². The lowest BCUT2D eigenvalue weighted by Gasteiger charge is -2.00. The molecule has 54 valence electrons. The van der Waals surface area contributed by atoms with Crippen molar-refractivity contribution in [2.24, 2.45) is 9.98 Å². The van der Waals surface area contributed by atoms with Gasteiger partial charge in [0.15, 0.2) is 0 Å². The zero-order valence-corrected chi connectivity index (χ0v) is 5.57. The normalized spacial score (nSPS) is 21.5. The number of carbonyl (C=O) groups excluding carboxylic acids is 2. The molecule has 11 heavy (non-hydrogen) atoms. The quantitative estimate of drug-likeness (QED) is 0.481. The number of hydrogen-bond acceptors (Lipinski definition) is 2. The van der Waals surface area contributed by atoms with Crippen LogP contribution in [0.2, 0.25) is 0 Å². The molecule has 2 aliphatic rings. The Morgan fingerprint density at radius 1 is 1.36 bits per heavy atom. The average molecular weight is 148 g/mol. The largest absolute Gasteiger partial charge is 0.278 e. The highest BCUT2D eigenvalue weighted by Crippen LogP contribution is 2.13. The molecule has 0 bridgehead atoms. The lowest BCUT2D eigenvalue weighted by Crippen LogP contribution is -2.11. The highest BCUT2D eigenvalue weighted by atomic mass is 16.2. The number of amides is 2. The van der Waals surface area contributed by atoms with Crippen LogP contribution in [0.5, 0.6) is 0 Å². The van der Waals surface area contributed by atoms with E-state index in [1.54, 1.807) is 6.08 Å². The fraction of sp³-hybridized carbons (Fsp3) is 0.143. The zero-order chi connectivity index (χ0) is 7.84. The van der Waals surface area contributed by atoms with Crippen LogP contribution in [0.25, 0.3) is 0 Å². The van der Waals surface area contributed by atoms with E-state index in [1.807, 2.05) is 0 Å². The van der Waals surface area contributed by atoms with Crippen LogP contribution in [0.1, 0.15) is 6.42 Å². The summed E-state index contributed by atoms with van der Waals surface area (Å²) in [6, 6.07) is 0. The first kappa shape index (κ1) is 6.15. The van der Waals surface area contributed by atoms with Gasteiger partial charge in [-0.05, 0) is 0 Å². The van der Waals surface area contributed by atoms with Crippen LogP contribution < -0.4 is 0 Å². The van der Waals surface area contributed by atoms with Gasteiger partial charge in [-0.25, -0.2) is 9.98 Å². The maximum Gasteiger partial charge on any atom is 0.278 e. The Kier molecular flexibility index (Phi) is 1.09. The second-order valence-corrected chi connectivity index (χ2v) is 2.28. The third kappa shape index (κ3) is 0.832. The van der Waals surface area contributed by atoms with Crippen molar-refractivity contribution >= 4 is 23.7 Å². The summed E-state index contributed by atoms with van der Waals surface area (Å²) in [6.07, 6.45) is 3.11. The summed E-state index contributed by atoms with van der Waals surface area (Å²) in [5.41, 5.74) is 0.871. The molecule has 0 aromatic carbocycles. The number of dihydropyridines is 1. The second-order valence-electron chi connectivity index (χ2n) is 2.28. The summed E-state index contributed by atoms with van der Waals surface area (Å²) >= 11 is 0. The molecular formula is C7H4N2O2. The van der Waals surface area contributed by atoms with Crippen LogP contribution >= 0.6 is 0 Å². The van der Waals surface area contributed by atoms with Crippen LogP contribution in [0.4, 0.5) is 0 Å². The standard InChI is InChI=1S/C7H4N2O2/c10-6-2-1-4-5(9-6)3-8-7(4)11/h1,3H,2H2. The summed E-state index contributed by atoms with van der Waals surface area (Å²) in [7, 11) is 0. The van der Waals surface area contributed by atoms with Crippen molar-refractivity contribution in [2.75, 3.05) is 0 Å². The van der Waals surface area contributed by atoms with Gasteiger partial charge in [0, 0.05) is 6.42 Å². The molecule has 2 amide bonds. The van der Waals surface area contributed by atoms with E-state index in [4.69, 9.17) is 0 Å². The lowest BCUT2D eigenvalue weighted by atomic mass is 10.1. The highest BCUT2D eigenvalue weighted by molar-refractivity contribution is 6.53. The van der Waals surface area contributed by atoms with Crippen molar-refractivity contribution in [3.63, 3.8) is 0 Å². The van der Waals surface area contributed by atoms with Crippen molar-refractivity contribution in [1.82, 2.24) is 0 Å². The Balaban J connectivity index is 2.49. The van der Waals surface area contributed by atoms with E-state index >= 15 is 0 Å². The van der Waals surface area contributed by atoms with E-state index < -0.39 is 0 Å². The Bertz CT molecular complexity index is 336. The Labute approximate surface area is 62.3 Å². The van der Waals surface area contributed by atoms with E-state index in [0.29, 0.717) is 11.3 Å². The van der Waals surface area contributed by atoms with Gasteiger partial charge in [0.1, 0.15) is 0 Å². The van der Waals surface area contributed by atoms with Crippen LogP contribution in [0.3, 0.4) is 0 Å². The molecule has 4 nitrogen and oxygen atoms in total. The third-order valence-corrected chi connectivity index (χ3v) is 1.54. The van der Waals surface area contributed by atoms with Crippen LogP contribution in [-0.2, 0) is 9.59 Å². The van der Waals surface area contributed by atoms with Gasteiger partial charge in [-0.15, -0.1) is 0 Å². The van der Waals surface area contributed by atoms with Crippen molar-refractivity contribution in [3.8, 4) is 0 Å². The summed E-state index contributed by atoms with van der Waals surface area (Å²) in [5, 5.41) is 0. The number of carbonyl (C=O) groups is 2. The first-order chi connectivity index (χ1) is 5.27. The van der Waals surface area contributed by atoms with E-state index in [2.05, 4.69) is 9.98 Å². The molecule has 0 aromatic rings. The van der Waals surface area contributed by atoms with Crippen molar-refractivity contribution in [3.05, 3.63) is 11.6 Å². The molecule has 0 aliphatic carbocycles. The van der Waals surface area contributed by atoms with E-state index in [1.165, 1.54) is 6.21 Å². The first-order valence-electron chi connectivity index (χ1n) is 3.18. The molecule has 0 saturated carbocycles. The van der Waals surface area contributed by atoms with Gasteiger partial charge in [-0.3, -0.25) is 9.59 Å². The van der Waals surface area contributed by atoms with Crippen LogP contribution in [-0.4, -0.2) is 23.7 Å². The molecule has 4 heteroatoms. The molecule has 0 aromatic heterocycles. The number of fused-ring (bicyclic) bond motifs is 1. The molecular weight excluding hydrogens is 144 g/mol. The number of rotatable bonds is 0. The summed E-state index contributed by atoms with van der Waals surface area (Å²) in [6.45, 7) is 0. The molecule has 0 N–H and O–H groups in total. The van der Waals surface area contributed by atoms with Gasteiger partial charge in [0.2, 0.25) is 5.91 Å². The Hall–Kier alpha value is -1.58. The van der Waals surface area contributed by atoms with Gasteiger partial charge in [-0.1, -0.05) is 6.08 Å². The second kappa shape index (κ2) is 1.95. The van der Waals surface area contributed by atoms with Crippen LogP contribution in [0.15, 0.2) is 21.6 Å². The molecule has 0 fully saturated rings. The number of nitrogens with zero attached hydrogens (tertiary/aromatic N) is 2. The van der Waals surface area contributed by atoms with Crippen molar-refractivity contribution in [2.45, 2.75) is 6.42 Å². The Morgan fingerprint density at radius 2 is 2.18 bits per heavy atom. The molecule has 0 spiro atoms. The fourth-order valence-corrected chi connectivity index (χ4v) is 1.02. The average Bonchev–Trinajstić information content (AvgIpc) is 2.32. The molecule has 0 radical (unpaired) electrons. The predicted octanol–water partition coefficient (Wildman–Crippen LogP) is -0.105. The molecule has 2 rings (SSSR count). The minimum Gasteiger partial charge on any atom is -0.272 e. The minimum absolute atomic E-state index is 0.216. The maximum absolute atomic E-state index is 10.9. The molecule has 2 heterocycles. The molecule has 0 atom stereocenters. The van der Waals surface area contributed by atoms with Gasteiger partial charge in [-0.2, -0.15) is 0 Å². The molecule has 0 saturated heterocycles. The smallest absolute Gasteiger partial charge is 0.272 e. The van der Waals surface area contributed by atoms with Crippen LogP contribution in [0, 0.1) is 0 Å². The molecule has 0 unspecified atom stereocenters. The fourth-order valence-electron chi connectivity index (χ4n) is 1.02. The first-order valence-corrected chi connectivity index (χ1v) is 3.18. The third-order valence-electron chi connectivity index (χ3n) is 1.54. The summed E-state index contributed by atoms with van der Waals surface area (Å²) in [5.74, 6) is -0.513. The summed E-state index contributed by atoms with van der Waals surface area (Å²) in [4.78, 5) is 28.7. The maximum atomic E-state index is 10.9. The lowest BCUT2D eigenvalue weighted by molar-refractivity contribution is -0.117. The monoisotopic (exact) mass is 148 g/mol. The van der Waals surface area contributed by atoms with Crippen molar-refractivity contribution in [1.29, 1.82) is 0 Å². The predicted molar refractivity (Wildman–Crippen MR) is 38.6 cm³/mol. The highest BCUT2D eigenvalue weighted by Gasteiger charge is 2.23. The van der Waals surface area contributed by atoms with Gasteiger partial charge >= 0.3 is 0 Å². The zero-order valence-electron chi connectivity index (χ0n) is 5.57. The number of hydrogen-bond donors (Lipinski definition) is 0. The van der Waals surface area contributed by atoms with Gasteiger partial charge in [0.25, 0.3) is 5.91 Å². The van der Waals surface area contributed by atoms with E-state index in [0.717, 1.165) is 0 Å². The number of aliphatic imine (C=N–C) groups is 2. The Morgan fingerprint density at radius 3 is 3.00 bits per heavy atom. The van der Waals surface area contributed by atoms with Crippen molar-refractivity contribution < 1.29 is 9.59 Å². The summed E-state index contributed by atoms with van der Waals surface area (Å²) < 4.78 is 0.